The number of thiazole rings is 1. The molecule has 0 bridgehead atoms. The van der Waals surface area contributed by atoms with Crippen LogP contribution >= 0.6 is 11.3 Å². The molecule has 0 saturated heterocycles. The van der Waals surface area contributed by atoms with Gasteiger partial charge in [0, 0.05) is 11.6 Å². The highest BCUT2D eigenvalue weighted by Crippen LogP contribution is 2.29. The summed E-state index contributed by atoms with van der Waals surface area (Å²) in [4.78, 5) is 30.7. The summed E-state index contributed by atoms with van der Waals surface area (Å²) in [5.41, 5.74) is 2.66. The van der Waals surface area contributed by atoms with Crippen LogP contribution in [0.15, 0.2) is 54.6 Å². The summed E-state index contributed by atoms with van der Waals surface area (Å²) in [5.74, 6) is -0.387. The maximum absolute atomic E-state index is 12.9. The Balaban J connectivity index is 1.53. The summed E-state index contributed by atoms with van der Waals surface area (Å²) in [6.45, 7) is 1.83. The average Bonchev–Trinajstić information content (AvgIpc) is 3.38. The van der Waals surface area contributed by atoms with Crippen LogP contribution in [0.25, 0.3) is 10.6 Å². The van der Waals surface area contributed by atoms with Crippen LogP contribution in [0.2, 0.25) is 0 Å². The molecule has 2 aromatic carbocycles. The number of anilines is 1. The van der Waals surface area contributed by atoms with Crippen LogP contribution < -0.4 is 10.6 Å². The molecular weight excluding hydrogens is 382 g/mol. The van der Waals surface area contributed by atoms with E-state index in [2.05, 4.69) is 15.6 Å². The smallest absolute Gasteiger partial charge is 0.267 e. The molecule has 5 nitrogen and oxygen atoms in total. The van der Waals surface area contributed by atoms with Crippen LogP contribution in [0.1, 0.15) is 51.4 Å². The number of carbonyl (C=O) groups excluding carboxylic acids is 2. The highest BCUT2D eigenvalue weighted by Gasteiger charge is 2.22. The van der Waals surface area contributed by atoms with Crippen molar-refractivity contribution in [3.8, 4) is 10.6 Å². The lowest BCUT2D eigenvalue weighted by Gasteiger charge is -2.14. The van der Waals surface area contributed by atoms with Gasteiger partial charge in [-0.05, 0) is 31.9 Å². The maximum Gasteiger partial charge on any atom is 0.267 e. The van der Waals surface area contributed by atoms with E-state index in [0.717, 1.165) is 36.3 Å². The second kappa shape index (κ2) is 8.57. The number of carbonyl (C=O) groups is 2. The fraction of sp³-hybridized carbons (Fsp3) is 0.261. The Morgan fingerprint density at radius 1 is 0.966 bits per heavy atom. The molecule has 0 atom stereocenters. The van der Waals surface area contributed by atoms with E-state index in [1.54, 1.807) is 12.1 Å². The van der Waals surface area contributed by atoms with Crippen molar-refractivity contribution < 1.29 is 9.59 Å². The standard InChI is InChI=1S/C23H23N3O2S/c1-15-20(29-23(24-15)16-9-3-2-4-10-16)22(28)26-19-14-8-7-13-18(19)21(27)25-17-11-5-6-12-17/h2-4,7-10,13-14,17H,5-6,11-12H2,1H3,(H,25,27)(H,26,28). The fourth-order valence-electron chi connectivity index (χ4n) is 3.61. The monoisotopic (exact) mass is 405 g/mol. The number of nitrogens with zero attached hydrogens (tertiary/aromatic N) is 1. The normalized spacial score (nSPS) is 14.0. The molecule has 1 aromatic heterocycles. The van der Waals surface area contributed by atoms with Crippen LogP contribution in [0.3, 0.4) is 0 Å². The van der Waals surface area contributed by atoms with E-state index in [0.29, 0.717) is 21.8 Å². The summed E-state index contributed by atoms with van der Waals surface area (Å²) >= 11 is 1.36. The van der Waals surface area contributed by atoms with E-state index >= 15 is 0 Å². The predicted octanol–water partition coefficient (Wildman–Crippen LogP) is 5.04. The van der Waals surface area contributed by atoms with Crippen molar-refractivity contribution in [1.29, 1.82) is 0 Å². The maximum atomic E-state index is 12.9. The van der Waals surface area contributed by atoms with Gasteiger partial charge in [0.15, 0.2) is 0 Å². The van der Waals surface area contributed by atoms with Crippen LogP contribution in [0.5, 0.6) is 0 Å². The lowest BCUT2D eigenvalue weighted by Crippen LogP contribution is -2.33. The second-order valence-electron chi connectivity index (χ2n) is 7.25. The molecule has 148 valence electrons. The zero-order chi connectivity index (χ0) is 20.2. The minimum absolute atomic E-state index is 0.140. The lowest BCUT2D eigenvalue weighted by atomic mass is 10.1. The van der Waals surface area contributed by atoms with Gasteiger partial charge in [0.25, 0.3) is 11.8 Å². The zero-order valence-electron chi connectivity index (χ0n) is 16.3. The summed E-state index contributed by atoms with van der Waals surface area (Å²) in [6, 6.07) is 17.2. The number of amides is 2. The van der Waals surface area contributed by atoms with Crippen molar-refractivity contribution in [3.05, 3.63) is 70.7 Å². The van der Waals surface area contributed by atoms with Gasteiger partial charge in [0.2, 0.25) is 0 Å². The summed E-state index contributed by atoms with van der Waals surface area (Å²) in [5, 5.41) is 6.80. The van der Waals surface area contributed by atoms with Gasteiger partial charge in [-0.3, -0.25) is 9.59 Å². The third-order valence-electron chi connectivity index (χ3n) is 5.13. The van der Waals surface area contributed by atoms with Gasteiger partial charge in [0.05, 0.1) is 16.9 Å². The van der Waals surface area contributed by atoms with Crippen LogP contribution in [-0.4, -0.2) is 22.8 Å². The molecule has 1 heterocycles. The molecule has 0 unspecified atom stereocenters. The topological polar surface area (TPSA) is 71.1 Å². The van der Waals surface area contributed by atoms with Crippen molar-refractivity contribution in [2.24, 2.45) is 0 Å². The van der Waals surface area contributed by atoms with E-state index in [9.17, 15) is 9.59 Å². The molecule has 2 amide bonds. The number of aromatic nitrogens is 1. The number of rotatable bonds is 5. The minimum atomic E-state index is -0.247. The van der Waals surface area contributed by atoms with E-state index in [4.69, 9.17) is 0 Å². The molecule has 0 spiro atoms. The molecular formula is C23H23N3O2S. The number of hydrogen-bond acceptors (Lipinski definition) is 4. The molecule has 0 radical (unpaired) electrons. The number of nitrogens with one attached hydrogen (secondary N) is 2. The zero-order valence-corrected chi connectivity index (χ0v) is 17.1. The van der Waals surface area contributed by atoms with Crippen LogP contribution in [0, 0.1) is 6.92 Å². The first-order valence-electron chi connectivity index (χ1n) is 9.86. The van der Waals surface area contributed by atoms with Crippen molar-refractivity contribution in [2.75, 3.05) is 5.32 Å². The van der Waals surface area contributed by atoms with Gasteiger partial charge in [-0.1, -0.05) is 55.3 Å². The van der Waals surface area contributed by atoms with Crippen molar-refractivity contribution in [1.82, 2.24) is 10.3 Å². The Morgan fingerprint density at radius 2 is 1.66 bits per heavy atom. The fourth-order valence-corrected chi connectivity index (χ4v) is 4.58. The lowest BCUT2D eigenvalue weighted by molar-refractivity contribution is 0.0939. The van der Waals surface area contributed by atoms with Gasteiger partial charge < -0.3 is 10.6 Å². The Hall–Kier alpha value is -2.99. The third-order valence-corrected chi connectivity index (χ3v) is 6.34. The van der Waals surface area contributed by atoms with Gasteiger partial charge in [-0.25, -0.2) is 4.98 Å². The molecule has 4 rings (SSSR count). The molecule has 1 aliphatic rings. The molecule has 1 aliphatic carbocycles. The Labute approximate surface area is 174 Å². The van der Waals surface area contributed by atoms with Crippen molar-refractivity contribution in [2.45, 2.75) is 38.6 Å². The largest absolute Gasteiger partial charge is 0.349 e. The first kappa shape index (κ1) is 19.3. The molecule has 3 aromatic rings. The van der Waals surface area contributed by atoms with Crippen LogP contribution in [-0.2, 0) is 0 Å². The number of para-hydroxylation sites is 1. The molecule has 1 fully saturated rings. The van der Waals surface area contributed by atoms with Crippen molar-refractivity contribution in [3.63, 3.8) is 0 Å². The van der Waals surface area contributed by atoms with E-state index < -0.39 is 0 Å². The number of hydrogen-bond donors (Lipinski definition) is 2. The summed E-state index contributed by atoms with van der Waals surface area (Å²) < 4.78 is 0. The van der Waals surface area contributed by atoms with Gasteiger partial charge in [-0.15, -0.1) is 11.3 Å². The quantitative estimate of drug-likeness (QED) is 0.624. The molecule has 0 aliphatic heterocycles. The SMILES string of the molecule is Cc1nc(-c2ccccc2)sc1C(=O)Nc1ccccc1C(=O)NC1CCCC1. The molecule has 29 heavy (non-hydrogen) atoms. The average molecular weight is 406 g/mol. The first-order valence-corrected chi connectivity index (χ1v) is 10.7. The Kier molecular flexibility index (Phi) is 5.71. The molecule has 1 saturated carbocycles. The molecule has 6 heteroatoms. The predicted molar refractivity (Wildman–Crippen MR) is 116 cm³/mol. The summed E-state index contributed by atoms with van der Waals surface area (Å²) in [6.07, 6.45) is 4.33. The minimum Gasteiger partial charge on any atom is -0.349 e. The Bertz CT molecular complexity index is 1020. The van der Waals surface area contributed by atoms with E-state index in [1.165, 1.54) is 11.3 Å². The summed E-state index contributed by atoms with van der Waals surface area (Å²) in [7, 11) is 0. The van der Waals surface area contributed by atoms with Crippen molar-refractivity contribution >= 4 is 28.8 Å². The number of benzene rings is 2. The van der Waals surface area contributed by atoms with Gasteiger partial charge in [0.1, 0.15) is 9.88 Å². The van der Waals surface area contributed by atoms with Gasteiger partial charge in [-0.2, -0.15) is 0 Å². The second-order valence-corrected chi connectivity index (χ2v) is 8.25. The van der Waals surface area contributed by atoms with Crippen LogP contribution in [0.4, 0.5) is 5.69 Å². The number of aryl methyl sites for hydroxylation is 1. The highest BCUT2D eigenvalue weighted by atomic mass is 32.1. The Morgan fingerprint density at radius 3 is 2.41 bits per heavy atom. The van der Waals surface area contributed by atoms with E-state index in [1.807, 2.05) is 49.4 Å². The highest BCUT2D eigenvalue weighted by molar-refractivity contribution is 7.17. The first-order chi connectivity index (χ1) is 14.1. The third kappa shape index (κ3) is 4.38. The van der Waals surface area contributed by atoms with E-state index in [-0.39, 0.29) is 17.9 Å². The molecule has 2 N–H and O–H groups in total. The van der Waals surface area contributed by atoms with Gasteiger partial charge >= 0.3 is 0 Å².